The van der Waals surface area contributed by atoms with E-state index < -0.39 is 14.4 Å². The lowest BCUT2D eigenvalue weighted by Crippen LogP contribution is -2.43. The molecule has 0 fully saturated rings. The molecule has 1 amide bonds. The summed E-state index contributed by atoms with van der Waals surface area (Å²) in [5.74, 6) is 0. The van der Waals surface area contributed by atoms with Crippen LogP contribution in [-0.4, -0.2) is 45.9 Å². The van der Waals surface area contributed by atoms with E-state index in [1.54, 1.807) is 0 Å². The Morgan fingerprint density at radius 1 is 1.43 bits per heavy atom. The van der Waals surface area contributed by atoms with Gasteiger partial charge in [0.2, 0.25) is 0 Å². The Morgan fingerprint density at radius 2 is 2.00 bits per heavy atom. The first-order valence-electron chi connectivity index (χ1n) is 4.47. The summed E-state index contributed by atoms with van der Waals surface area (Å²) in [5.41, 5.74) is 0. The van der Waals surface area contributed by atoms with E-state index in [1.807, 2.05) is 0 Å². The Bertz CT molecular complexity index is 181. The van der Waals surface area contributed by atoms with E-state index >= 15 is 0 Å². The highest BCUT2D eigenvalue weighted by Gasteiger charge is 2.18. The van der Waals surface area contributed by atoms with Gasteiger partial charge in [0.05, 0.1) is 19.3 Å². The summed E-state index contributed by atoms with van der Waals surface area (Å²) in [4.78, 5) is 10.4. The molecule has 0 radical (unpaired) electrons. The summed E-state index contributed by atoms with van der Waals surface area (Å²) in [6.07, 6.45) is -1.05. The van der Waals surface area contributed by atoms with E-state index in [-0.39, 0.29) is 6.04 Å². The van der Waals surface area contributed by atoms with Gasteiger partial charge in [-0.3, -0.25) is 0 Å². The quantitative estimate of drug-likeness (QED) is 0.660. The summed E-state index contributed by atoms with van der Waals surface area (Å²) in [7, 11) is -0.0558. The predicted octanol–water partition coefficient (Wildman–Crippen LogP) is 1.12. The summed E-state index contributed by atoms with van der Waals surface area (Å²) in [6.45, 7) is 6.86. The van der Waals surface area contributed by atoms with Crippen molar-refractivity contribution in [3.8, 4) is 0 Å². The first-order chi connectivity index (χ1) is 6.35. The second-order valence-electron chi connectivity index (χ2n) is 4.03. The molecule has 1 atom stereocenters. The maximum atomic E-state index is 10.4. The molecule has 6 heteroatoms. The lowest BCUT2D eigenvalue weighted by Gasteiger charge is -2.22. The summed E-state index contributed by atoms with van der Waals surface area (Å²) in [6, 6.07) is -0.288. The highest BCUT2D eigenvalue weighted by Crippen LogP contribution is 2.03. The van der Waals surface area contributed by atoms with Gasteiger partial charge in [-0.05, 0) is 19.6 Å². The highest BCUT2D eigenvalue weighted by atomic mass is 28.4. The van der Waals surface area contributed by atoms with Crippen LogP contribution in [0.1, 0.15) is 0 Å². The van der Waals surface area contributed by atoms with Crippen molar-refractivity contribution in [3.63, 3.8) is 0 Å². The molecular formula is C8H19NO4Si. The zero-order chi connectivity index (χ0) is 11.2. The topological polar surface area (TPSA) is 67.8 Å². The smallest absolute Gasteiger partial charge is 0.405 e. The molecule has 5 nitrogen and oxygen atoms in total. The Hall–Kier alpha value is -0.593. The molecule has 0 aromatic rings. The highest BCUT2D eigenvalue weighted by molar-refractivity contribution is 6.69. The van der Waals surface area contributed by atoms with E-state index in [2.05, 4.69) is 25.0 Å². The van der Waals surface area contributed by atoms with Crippen LogP contribution in [0.5, 0.6) is 0 Å². The number of hydrogen-bond acceptors (Lipinski definition) is 3. The Kier molecular flexibility index (Phi) is 5.74. The molecule has 0 saturated heterocycles. The molecule has 0 aromatic carbocycles. The maximum Gasteiger partial charge on any atom is 0.405 e. The van der Waals surface area contributed by atoms with Gasteiger partial charge in [-0.2, -0.15) is 0 Å². The zero-order valence-corrected chi connectivity index (χ0v) is 10.2. The third-order valence-corrected chi connectivity index (χ3v) is 2.45. The van der Waals surface area contributed by atoms with Crippen LogP contribution >= 0.6 is 0 Å². The fourth-order valence-corrected chi connectivity index (χ4v) is 1.56. The Labute approximate surface area is 85.5 Å². The fraction of sp³-hybridized carbons (Fsp3) is 0.875. The van der Waals surface area contributed by atoms with E-state index in [0.29, 0.717) is 13.2 Å². The zero-order valence-electron chi connectivity index (χ0n) is 9.16. The van der Waals surface area contributed by atoms with Crippen molar-refractivity contribution in [1.82, 2.24) is 5.32 Å². The van der Waals surface area contributed by atoms with Crippen LogP contribution in [-0.2, 0) is 9.16 Å². The van der Waals surface area contributed by atoms with E-state index in [1.165, 1.54) is 7.11 Å². The SMILES string of the molecule is COCC(CO[Si](C)(C)C)NC(=O)O. The maximum absolute atomic E-state index is 10.4. The molecule has 0 aliphatic heterocycles. The summed E-state index contributed by atoms with van der Waals surface area (Å²) < 4.78 is 10.5. The third kappa shape index (κ3) is 8.03. The van der Waals surface area contributed by atoms with Gasteiger partial charge in [-0.15, -0.1) is 0 Å². The number of methoxy groups -OCH3 is 1. The number of amides is 1. The van der Waals surface area contributed by atoms with Gasteiger partial charge < -0.3 is 19.6 Å². The lowest BCUT2D eigenvalue weighted by molar-refractivity contribution is 0.125. The number of carboxylic acid groups (broad SMARTS) is 1. The lowest BCUT2D eigenvalue weighted by atomic mass is 10.3. The van der Waals surface area contributed by atoms with Crippen LogP contribution < -0.4 is 5.32 Å². The molecule has 14 heavy (non-hydrogen) atoms. The molecule has 0 saturated carbocycles. The average molecular weight is 221 g/mol. The Balaban J connectivity index is 3.90. The van der Waals surface area contributed by atoms with Crippen molar-refractivity contribution in [2.45, 2.75) is 25.7 Å². The van der Waals surface area contributed by atoms with Crippen LogP contribution in [0.2, 0.25) is 19.6 Å². The normalized spacial score (nSPS) is 13.7. The van der Waals surface area contributed by atoms with Crippen LogP contribution in [0.25, 0.3) is 0 Å². The number of ether oxygens (including phenoxy) is 1. The Morgan fingerprint density at radius 3 is 2.36 bits per heavy atom. The standard InChI is InChI=1S/C8H19NO4Si/c1-12-5-7(9-8(10)11)6-13-14(2,3)4/h7,9H,5-6H2,1-4H3,(H,10,11). The van der Waals surface area contributed by atoms with Gasteiger partial charge in [0.15, 0.2) is 8.32 Å². The number of carbonyl (C=O) groups is 1. The summed E-state index contributed by atoms with van der Waals surface area (Å²) in [5, 5.41) is 10.9. The van der Waals surface area contributed by atoms with Gasteiger partial charge in [-0.25, -0.2) is 4.79 Å². The van der Waals surface area contributed by atoms with E-state index in [9.17, 15) is 4.79 Å². The average Bonchev–Trinajstić information content (AvgIpc) is 1.98. The molecule has 0 aromatic heterocycles. The minimum atomic E-state index is -1.59. The van der Waals surface area contributed by atoms with Gasteiger partial charge in [0.1, 0.15) is 0 Å². The van der Waals surface area contributed by atoms with Crippen LogP contribution in [0.4, 0.5) is 4.79 Å². The molecule has 2 N–H and O–H groups in total. The van der Waals surface area contributed by atoms with Gasteiger partial charge >= 0.3 is 6.09 Å². The van der Waals surface area contributed by atoms with Crippen molar-refractivity contribution in [1.29, 1.82) is 0 Å². The van der Waals surface area contributed by atoms with Crippen molar-refractivity contribution in [3.05, 3.63) is 0 Å². The van der Waals surface area contributed by atoms with Crippen molar-refractivity contribution < 1.29 is 19.1 Å². The van der Waals surface area contributed by atoms with Gasteiger partial charge in [0.25, 0.3) is 0 Å². The minimum absolute atomic E-state index is 0.288. The molecule has 0 spiro atoms. The van der Waals surface area contributed by atoms with Crippen molar-refractivity contribution in [2.24, 2.45) is 0 Å². The number of rotatable bonds is 6. The van der Waals surface area contributed by atoms with E-state index in [4.69, 9.17) is 14.3 Å². The molecule has 1 unspecified atom stereocenters. The minimum Gasteiger partial charge on any atom is -0.465 e. The molecule has 0 heterocycles. The predicted molar refractivity (Wildman–Crippen MR) is 56.1 cm³/mol. The third-order valence-electron chi connectivity index (χ3n) is 1.41. The van der Waals surface area contributed by atoms with Crippen LogP contribution in [0.15, 0.2) is 0 Å². The fourth-order valence-electron chi connectivity index (χ4n) is 0.858. The number of hydrogen-bond donors (Lipinski definition) is 2. The molecular weight excluding hydrogens is 202 g/mol. The van der Waals surface area contributed by atoms with E-state index in [0.717, 1.165) is 0 Å². The van der Waals surface area contributed by atoms with Gasteiger partial charge in [0, 0.05) is 7.11 Å². The second kappa shape index (κ2) is 6.00. The molecule has 84 valence electrons. The second-order valence-corrected chi connectivity index (χ2v) is 8.54. The monoisotopic (exact) mass is 221 g/mol. The number of nitrogens with one attached hydrogen (secondary N) is 1. The van der Waals surface area contributed by atoms with Crippen molar-refractivity contribution in [2.75, 3.05) is 20.3 Å². The van der Waals surface area contributed by atoms with Crippen LogP contribution in [0, 0.1) is 0 Å². The molecule has 0 aliphatic carbocycles. The molecule has 0 aliphatic rings. The molecule has 0 rings (SSSR count). The van der Waals surface area contributed by atoms with Crippen molar-refractivity contribution >= 4 is 14.4 Å². The summed E-state index contributed by atoms with van der Waals surface area (Å²) >= 11 is 0. The first kappa shape index (κ1) is 13.4. The largest absolute Gasteiger partial charge is 0.465 e. The first-order valence-corrected chi connectivity index (χ1v) is 7.88. The molecule has 0 bridgehead atoms. The van der Waals surface area contributed by atoms with Crippen LogP contribution in [0.3, 0.4) is 0 Å². The van der Waals surface area contributed by atoms with Gasteiger partial charge in [-0.1, -0.05) is 0 Å².